The van der Waals surface area contributed by atoms with Crippen molar-refractivity contribution in [3.63, 3.8) is 0 Å². The molecule has 152 valence electrons. The molecule has 0 bridgehead atoms. The smallest absolute Gasteiger partial charge is 0.247 e. The van der Waals surface area contributed by atoms with Crippen LogP contribution in [0.15, 0.2) is 60.7 Å². The van der Waals surface area contributed by atoms with E-state index in [1.165, 1.54) is 0 Å². The molecule has 0 fully saturated rings. The van der Waals surface area contributed by atoms with Gasteiger partial charge in [0.05, 0.1) is 18.0 Å². The maximum absolute atomic E-state index is 8.92. The predicted molar refractivity (Wildman–Crippen MR) is 117 cm³/mol. The molecule has 0 saturated carbocycles. The molecule has 0 saturated heterocycles. The molecule has 0 aliphatic carbocycles. The van der Waals surface area contributed by atoms with Crippen LogP contribution in [0.4, 0.5) is 5.95 Å². The van der Waals surface area contributed by atoms with Gasteiger partial charge in [-0.15, -0.1) is 0 Å². The van der Waals surface area contributed by atoms with Gasteiger partial charge in [-0.1, -0.05) is 60.7 Å². The van der Waals surface area contributed by atoms with Crippen LogP contribution in [-0.4, -0.2) is 38.3 Å². The Labute approximate surface area is 174 Å². The number of unbranched alkanes of at least 4 members (excludes halogenated alkanes) is 2. The highest BCUT2D eigenvalue weighted by Crippen LogP contribution is 2.32. The molecule has 4 rings (SSSR count). The van der Waals surface area contributed by atoms with Crippen molar-refractivity contribution in [3.05, 3.63) is 60.7 Å². The Balaban J connectivity index is 1.82. The van der Waals surface area contributed by atoms with Gasteiger partial charge in [0.2, 0.25) is 11.8 Å². The summed E-state index contributed by atoms with van der Waals surface area (Å²) in [5.74, 6) is 0.416. The minimum absolute atomic E-state index is 0.0913. The third-order valence-corrected chi connectivity index (χ3v) is 4.65. The summed E-state index contributed by atoms with van der Waals surface area (Å²) in [5, 5.41) is 8.92. The number of hydrogen-bond acceptors (Lipinski definition) is 7. The second-order valence-corrected chi connectivity index (χ2v) is 6.84. The average molecular weight is 401 g/mol. The lowest BCUT2D eigenvalue weighted by Crippen LogP contribution is -2.07. The number of nitrogen functional groups attached to an aromatic ring is 1. The number of fused-ring (bicyclic) bond motifs is 1. The van der Waals surface area contributed by atoms with Gasteiger partial charge in [-0.3, -0.25) is 0 Å². The fraction of sp³-hybridized carbons (Fsp3) is 0.217. The van der Waals surface area contributed by atoms with Gasteiger partial charge >= 0.3 is 0 Å². The number of benzene rings is 2. The molecule has 0 unspecified atom stereocenters. The van der Waals surface area contributed by atoms with Crippen molar-refractivity contribution in [3.8, 4) is 28.4 Å². The van der Waals surface area contributed by atoms with Crippen LogP contribution in [0, 0.1) is 0 Å². The van der Waals surface area contributed by atoms with Crippen LogP contribution in [0.1, 0.15) is 19.3 Å². The fourth-order valence-corrected chi connectivity index (χ4v) is 3.19. The topological polar surface area (TPSA) is 107 Å². The second-order valence-electron chi connectivity index (χ2n) is 6.84. The summed E-state index contributed by atoms with van der Waals surface area (Å²) in [6.45, 7) is 0.631. The molecule has 3 N–H and O–H groups in total. The zero-order valence-electron chi connectivity index (χ0n) is 16.5. The Morgan fingerprint density at radius 3 is 2.00 bits per heavy atom. The molecule has 0 atom stereocenters. The van der Waals surface area contributed by atoms with Gasteiger partial charge in [0, 0.05) is 17.7 Å². The molecule has 7 nitrogen and oxygen atoms in total. The number of nitrogens with zero attached hydrogens (tertiary/aromatic N) is 4. The number of aromatic nitrogens is 4. The molecule has 2 heterocycles. The summed E-state index contributed by atoms with van der Waals surface area (Å²) in [6, 6.07) is 19.8. The van der Waals surface area contributed by atoms with Crippen LogP contribution in [0.5, 0.6) is 5.88 Å². The lowest BCUT2D eigenvalue weighted by Gasteiger charge is -2.13. The predicted octanol–water partition coefficient (Wildman–Crippen LogP) is 3.88. The first-order valence-corrected chi connectivity index (χ1v) is 9.96. The van der Waals surface area contributed by atoms with Gasteiger partial charge in [-0.2, -0.15) is 9.97 Å². The number of hydrogen-bond donors (Lipinski definition) is 2. The zero-order valence-corrected chi connectivity index (χ0v) is 16.5. The van der Waals surface area contributed by atoms with Crippen LogP contribution in [0.3, 0.4) is 0 Å². The SMILES string of the molecule is Nc1nc(OCCCCCO)c2nc(-c3ccccc3)c(-c3ccccc3)nc2n1. The summed E-state index contributed by atoms with van der Waals surface area (Å²) < 4.78 is 5.87. The first kappa shape index (κ1) is 19.7. The van der Waals surface area contributed by atoms with Crippen LogP contribution in [-0.2, 0) is 0 Å². The molecule has 7 heteroatoms. The summed E-state index contributed by atoms with van der Waals surface area (Å²) >= 11 is 0. The van der Waals surface area contributed by atoms with Crippen LogP contribution >= 0.6 is 0 Å². The first-order chi connectivity index (χ1) is 14.8. The van der Waals surface area contributed by atoms with Crippen LogP contribution in [0.2, 0.25) is 0 Å². The van der Waals surface area contributed by atoms with Crippen molar-refractivity contribution in [2.75, 3.05) is 18.9 Å². The average Bonchev–Trinajstić information content (AvgIpc) is 2.79. The quantitative estimate of drug-likeness (QED) is 0.431. The van der Waals surface area contributed by atoms with Crippen molar-refractivity contribution in [1.29, 1.82) is 0 Å². The van der Waals surface area contributed by atoms with E-state index in [4.69, 9.17) is 25.5 Å². The van der Waals surface area contributed by atoms with Crippen LogP contribution in [0.25, 0.3) is 33.7 Å². The number of aliphatic hydroxyl groups excluding tert-OH is 1. The normalized spacial score (nSPS) is 11.0. The molecule has 0 spiro atoms. The summed E-state index contributed by atoms with van der Waals surface area (Å²) in [4.78, 5) is 18.2. The molecule has 0 aliphatic heterocycles. The van der Waals surface area contributed by atoms with E-state index >= 15 is 0 Å². The molecular formula is C23H23N5O2. The Morgan fingerprint density at radius 1 is 0.733 bits per heavy atom. The Bertz CT molecular complexity index is 1120. The fourth-order valence-electron chi connectivity index (χ4n) is 3.19. The van der Waals surface area contributed by atoms with Crippen molar-refractivity contribution in [2.24, 2.45) is 0 Å². The molecule has 2 aromatic heterocycles. The summed E-state index contributed by atoms with van der Waals surface area (Å²) in [6.07, 6.45) is 2.41. The van der Waals surface area contributed by atoms with E-state index in [0.29, 0.717) is 23.7 Å². The summed E-state index contributed by atoms with van der Waals surface area (Å²) in [5.41, 5.74) is 10.1. The van der Waals surface area contributed by atoms with Crippen LogP contribution < -0.4 is 10.5 Å². The Kier molecular flexibility index (Phi) is 6.10. The van der Waals surface area contributed by atoms with E-state index in [-0.39, 0.29) is 12.6 Å². The number of ether oxygens (including phenoxy) is 1. The third kappa shape index (κ3) is 4.36. The molecule has 0 radical (unpaired) electrons. The monoisotopic (exact) mass is 401 g/mol. The Hall–Kier alpha value is -3.58. The van der Waals surface area contributed by atoms with E-state index < -0.39 is 0 Å². The number of anilines is 1. The van der Waals surface area contributed by atoms with Crippen molar-refractivity contribution in [2.45, 2.75) is 19.3 Å². The highest BCUT2D eigenvalue weighted by atomic mass is 16.5. The molecule has 2 aromatic carbocycles. The zero-order chi connectivity index (χ0) is 20.8. The van der Waals surface area contributed by atoms with Gasteiger partial charge in [-0.05, 0) is 19.3 Å². The van der Waals surface area contributed by atoms with E-state index in [2.05, 4.69) is 9.97 Å². The van der Waals surface area contributed by atoms with Gasteiger partial charge in [-0.25, -0.2) is 9.97 Å². The molecular weight excluding hydrogens is 378 g/mol. The number of aliphatic hydroxyl groups is 1. The van der Waals surface area contributed by atoms with E-state index in [1.54, 1.807) is 0 Å². The lowest BCUT2D eigenvalue weighted by molar-refractivity contribution is 0.263. The number of nitrogens with two attached hydrogens (primary N) is 1. The molecule has 30 heavy (non-hydrogen) atoms. The first-order valence-electron chi connectivity index (χ1n) is 9.96. The van der Waals surface area contributed by atoms with E-state index in [9.17, 15) is 0 Å². The van der Waals surface area contributed by atoms with Gasteiger partial charge in [0.25, 0.3) is 0 Å². The standard InChI is InChI=1S/C23H23N5O2/c24-23-27-21-20(22(28-23)30-15-9-3-8-14-29)25-18(16-10-4-1-5-11-16)19(26-21)17-12-6-2-7-13-17/h1-2,4-7,10-13,29H,3,8-9,14-15H2,(H2,24,26,27,28). The minimum Gasteiger partial charge on any atom is -0.476 e. The highest BCUT2D eigenvalue weighted by Gasteiger charge is 2.18. The highest BCUT2D eigenvalue weighted by molar-refractivity contribution is 5.87. The molecule has 0 aliphatic rings. The maximum atomic E-state index is 8.92. The van der Waals surface area contributed by atoms with Gasteiger partial charge in [0.15, 0.2) is 11.2 Å². The van der Waals surface area contributed by atoms with Crippen molar-refractivity contribution < 1.29 is 9.84 Å². The van der Waals surface area contributed by atoms with Crippen molar-refractivity contribution in [1.82, 2.24) is 19.9 Å². The lowest BCUT2D eigenvalue weighted by atomic mass is 10.0. The second kappa shape index (κ2) is 9.28. The third-order valence-electron chi connectivity index (χ3n) is 4.65. The minimum atomic E-state index is 0.0913. The van der Waals surface area contributed by atoms with Gasteiger partial charge in [0.1, 0.15) is 0 Å². The summed E-state index contributed by atoms with van der Waals surface area (Å²) in [7, 11) is 0. The van der Waals surface area contributed by atoms with Crippen molar-refractivity contribution >= 4 is 17.1 Å². The van der Waals surface area contributed by atoms with Gasteiger partial charge < -0.3 is 15.6 Å². The Morgan fingerprint density at radius 2 is 1.37 bits per heavy atom. The van der Waals surface area contributed by atoms with E-state index in [0.717, 1.165) is 41.8 Å². The maximum Gasteiger partial charge on any atom is 0.247 e. The molecule has 0 amide bonds. The van der Waals surface area contributed by atoms with E-state index in [1.807, 2.05) is 60.7 Å². The molecule has 4 aromatic rings. The number of rotatable bonds is 8. The largest absolute Gasteiger partial charge is 0.476 e.